The van der Waals surface area contributed by atoms with Crippen LogP contribution in [0.4, 0.5) is 4.39 Å². The number of amides is 1. The van der Waals surface area contributed by atoms with Gasteiger partial charge in [-0.2, -0.15) is 0 Å². The predicted octanol–water partition coefficient (Wildman–Crippen LogP) is 2.68. The minimum Gasteiger partial charge on any atom is -0.497 e. The molecule has 33 heavy (non-hydrogen) atoms. The average molecular weight is 447 g/mol. The zero-order valence-electron chi connectivity index (χ0n) is 18.0. The minimum atomic E-state index is -0.612. The van der Waals surface area contributed by atoms with E-state index < -0.39 is 17.1 Å². The van der Waals surface area contributed by atoms with Gasteiger partial charge >= 0.3 is 5.69 Å². The van der Waals surface area contributed by atoms with Gasteiger partial charge in [0.25, 0.3) is 5.56 Å². The molecule has 1 heterocycles. The standard InChI is InChI=1S/C25H22FN3O4/c1-33-20-6-4-5-18(13-20)14-27-23(30)16-28-22-8-3-2-7-21(22)24(31)29(25(28)32)15-17-9-11-19(26)12-10-17/h2-13H,14-16H2,1H3,(H,27,30). The first-order valence-electron chi connectivity index (χ1n) is 10.3. The van der Waals surface area contributed by atoms with Gasteiger partial charge in [-0.1, -0.05) is 36.4 Å². The molecule has 0 spiro atoms. The van der Waals surface area contributed by atoms with E-state index >= 15 is 0 Å². The monoisotopic (exact) mass is 447 g/mol. The number of nitrogens with zero attached hydrogens (tertiary/aromatic N) is 2. The number of ether oxygens (including phenoxy) is 1. The molecular weight excluding hydrogens is 425 g/mol. The summed E-state index contributed by atoms with van der Waals surface area (Å²) in [5.74, 6) is -0.108. The molecule has 3 aromatic carbocycles. The van der Waals surface area contributed by atoms with Gasteiger partial charge in [-0.3, -0.25) is 18.7 Å². The summed E-state index contributed by atoms with van der Waals surface area (Å²) in [7, 11) is 1.57. The number of hydrogen-bond acceptors (Lipinski definition) is 4. The Bertz CT molecular complexity index is 1420. The van der Waals surface area contributed by atoms with Crippen LogP contribution in [0.2, 0.25) is 0 Å². The number of para-hydroxylation sites is 1. The molecule has 7 nitrogen and oxygen atoms in total. The maximum Gasteiger partial charge on any atom is 0.332 e. The first-order chi connectivity index (χ1) is 16.0. The number of nitrogens with one attached hydrogen (secondary N) is 1. The highest BCUT2D eigenvalue weighted by atomic mass is 19.1. The Morgan fingerprint density at radius 2 is 1.70 bits per heavy atom. The molecule has 4 rings (SSSR count). The van der Waals surface area contributed by atoms with Gasteiger partial charge in [0.05, 0.1) is 24.6 Å². The number of aromatic nitrogens is 2. The van der Waals surface area contributed by atoms with Crippen molar-refractivity contribution >= 4 is 16.8 Å². The van der Waals surface area contributed by atoms with Gasteiger partial charge in [-0.15, -0.1) is 0 Å². The van der Waals surface area contributed by atoms with E-state index in [4.69, 9.17) is 4.74 Å². The Labute approximate surface area is 188 Å². The van der Waals surface area contributed by atoms with Crippen LogP contribution in [-0.4, -0.2) is 22.2 Å². The Morgan fingerprint density at radius 3 is 2.45 bits per heavy atom. The zero-order valence-corrected chi connectivity index (χ0v) is 18.0. The summed E-state index contributed by atoms with van der Waals surface area (Å²) < 4.78 is 20.8. The van der Waals surface area contributed by atoms with Crippen molar-refractivity contribution in [2.45, 2.75) is 19.6 Å². The molecule has 0 radical (unpaired) electrons. The van der Waals surface area contributed by atoms with Crippen molar-refractivity contribution in [3.8, 4) is 5.75 Å². The highest BCUT2D eigenvalue weighted by molar-refractivity contribution is 5.81. The van der Waals surface area contributed by atoms with E-state index in [9.17, 15) is 18.8 Å². The fraction of sp³-hybridized carbons (Fsp3) is 0.160. The van der Waals surface area contributed by atoms with E-state index in [1.54, 1.807) is 37.4 Å². The molecule has 1 amide bonds. The zero-order chi connectivity index (χ0) is 23.4. The number of benzene rings is 3. The number of methoxy groups -OCH3 is 1. The first kappa shape index (κ1) is 22.0. The predicted molar refractivity (Wildman–Crippen MR) is 123 cm³/mol. The average Bonchev–Trinajstić information content (AvgIpc) is 2.84. The Kier molecular flexibility index (Phi) is 6.35. The molecule has 0 unspecified atom stereocenters. The van der Waals surface area contributed by atoms with Crippen molar-refractivity contribution in [3.63, 3.8) is 0 Å². The summed E-state index contributed by atoms with van der Waals surface area (Å²) in [4.78, 5) is 38.9. The van der Waals surface area contributed by atoms with Crippen molar-refractivity contribution in [2.75, 3.05) is 7.11 Å². The molecule has 4 aromatic rings. The summed E-state index contributed by atoms with van der Waals surface area (Å²) in [6, 6.07) is 19.5. The molecule has 8 heteroatoms. The summed E-state index contributed by atoms with van der Waals surface area (Å²) in [5, 5.41) is 3.12. The number of fused-ring (bicyclic) bond motifs is 1. The van der Waals surface area contributed by atoms with E-state index in [0.29, 0.717) is 22.2 Å². The van der Waals surface area contributed by atoms with E-state index in [-0.39, 0.29) is 25.5 Å². The van der Waals surface area contributed by atoms with Crippen molar-refractivity contribution in [1.82, 2.24) is 14.5 Å². The Balaban J connectivity index is 1.64. The van der Waals surface area contributed by atoms with E-state index in [2.05, 4.69) is 5.32 Å². The Morgan fingerprint density at radius 1 is 0.939 bits per heavy atom. The van der Waals surface area contributed by atoms with Gasteiger partial charge in [0.1, 0.15) is 18.1 Å². The van der Waals surface area contributed by atoms with Crippen LogP contribution in [-0.2, 0) is 24.4 Å². The summed E-state index contributed by atoms with van der Waals surface area (Å²) in [6.07, 6.45) is 0. The molecule has 0 aliphatic heterocycles. The smallest absolute Gasteiger partial charge is 0.332 e. The molecule has 0 bridgehead atoms. The Hall–Kier alpha value is -4.20. The third kappa shape index (κ3) is 4.85. The van der Waals surface area contributed by atoms with Gasteiger partial charge in [0.15, 0.2) is 0 Å². The summed E-state index contributed by atoms with van der Waals surface area (Å²) in [5.41, 5.74) is 0.744. The van der Waals surface area contributed by atoms with Crippen molar-refractivity contribution in [2.24, 2.45) is 0 Å². The molecule has 168 valence electrons. The summed E-state index contributed by atoms with van der Waals surface area (Å²) >= 11 is 0. The molecule has 1 N–H and O–H groups in total. The number of hydrogen-bond donors (Lipinski definition) is 1. The van der Waals surface area contributed by atoms with Crippen LogP contribution in [0.15, 0.2) is 82.4 Å². The molecule has 1 aromatic heterocycles. The van der Waals surface area contributed by atoms with Crippen LogP contribution in [0, 0.1) is 5.82 Å². The second kappa shape index (κ2) is 9.52. The third-order valence-electron chi connectivity index (χ3n) is 5.31. The van der Waals surface area contributed by atoms with E-state index in [0.717, 1.165) is 10.1 Å². The van der Waals surface area contributed by atoms with Crippen molar-refractivity contribution in [1.29, 1.82) is 0 Å². The third-order valence-corrected chi connectivity index (χ3v) is 5.31. The molecule has 0 fully saturated rings. The largest absolute Gasteiger partial charge is 0.497 e. The number of halogens is 1. The summed E-state index contributed by atoms with van der Waals surface area (Å²) in [6.45, 7) is -0.0286. The second-order valence-corrected chi connectivity index (χ2v) is 7.53. The normalized spacial score (nSPS) is 10.8. The molecule has 0 saturated carbocycles. The lowest BCUT2D eigenvalue weighted by molar-refractivity contribution is -0.121. The minimum absolute atomic E-state index is 0.0335. The second-order valence-electron chi connectivity index (χ2n) is 7.53. The van der Waals surface area contributed by atoms with Crippen LogP contribution < -0.4 is 21.3 Å². The lowest BCUT2D eigenvalue weighted by Gasteiger charge is -2.14. The van der Waals surface area contributed by atoms with Crippen molar-refractivity contribution < 1.29 is 13.9 Å². The fourth-order valence-electron chi connectivity index (χ4n) is 3.62. The topological polar surface area (TPSA) is 82.3 Å². The molecular formula is C25H22FN3O4. The molecule has 0 aliphatic carbocycles. The molecule has 0 atom stereocenters. The lowest BCUT2D eigenvalue weighted by Crippen LogP contribution is -2.42. The van der Waals surface area contributed by atoms with Crippen LogP contribution in [0.25, 0.3) is 10.9 Å². The van der Waals surface area contributed by atoms with E-state index in [1.165, 1.54) is 28.8 Å². The van der Waals surface area contributed by atoms with Crippen LogP contribution >= 0.6 is 0 Å². The molecule has 0 saturated heterocycles. The van der Waals surface area contributed by atoms with Crippen molar-refractivity contribution in [3.05, 3.63) is 111 Å². The first-order valence-corrected chi connectivity index (χ1v) is 10.3. The molecule has 0 aliphatic rings. The van der Waals surface area contributed by atoms with Gasteiger partial charge in [-0.05, 0) is 47.5 Å². The van der Waals surface area contributed by atoms with Crippen LogP contribution in [0.1, 0.15) is 11.1 Å². The number of carbonyl (C=O) groups is 1. The van der Waals surface area contributed by atoms with Gasteiger partial charge in [0, 0.05) is 6.54 Å². The van der Waals surface area contributed by atoms with Crippen LogP contribution in [0.3, 0.4) is 0 Å². The maximum absolute atomic E-state index is 13.3. The highest BCUT2D eigenvalue weighted by Gasteiger charge is 2.15. The number of carbonyl (C=O) groups excluding carboxylic acids is 1. The fourth-order valence-corrected chi connectivity index (χ4v) is 3.62. The maximum atomic E-state index is 13.3. The SMILES string of the molecule is COc1cccc(CNC(=O)Cn2c(=O)n(Cc3ccc(F)cc3)c(=O)c3ccccc32)c1. The lowest BCUT2D eigenvalue weighted by atomic mass is 10.2. The van der Waals surface area contributed by atoms with Gasteiger partial charge in [0.2, 0.25) is 5.91 Å². The van der Waals surface area contributed by atoms with E-state index in [1.807, 2.05) is 18.2 Å². The quantitative estimate of drug-likeness (QED) is 0.472. The van der Waals surface area contributed by atoms with Gasteiger partial charge < -0.3 is 10.1 Å². The van der Waals surface area contributed by atoms with Crippen LogP contribution in [0.5, 0.6) is 5.75 Å². The highest BCUT2D eigenvalue weighted by Crippen LogP contribution is 2.12. The van der Waals surface area contributed by atoms with Gasteiger partial charge in [-0.25, -0.2) is 9.18 Å². The number of rotatable bonds is 7.